The number of nitrogens with zero attached hydrogens (tertiary/aromatic N) is 3. The topological polar surface area (TPSA) is 70.6 Å². The van der Waals surface area contributed by atoms with Crippen molar-refractivity contribution < 1.29 is 22.7 Å². The molecule has 208 valence electrons. The van der Waals surface area contributed by atoms with Gasteiger partial charge in [0.2, 0.25) is 0 Å². The van der Waals surface area contributed by atoms with Crippen LogP contribution in [0.25, 0.3) is 11.0 Å². The molecule has 1 saturated heterocycles. The van der Waals surface area contributed by atoms with Gasteiger partial charge in [-0.3, -0.25) is 14.3 Å². The van der Waals surface area contributed by atoms with Crippen LogP contribution in [0.3, 0.4) is 0 Å². The molecule has 4 aromatic rings. The van der Waals surface area contributed by atoms with E-state index in [1.807, 2.05) is 52.8 Å². The third-order valence-corrected chi connectivity index (χ3v) is 7.89. The zero-order valence-corrected chi connectivity index (χ0v) is 22.0. The van der Waals surface area contributed by atoms with Crippen LogP contribution in [0.2, 0.25) is 0 Å². The van der Waals surface area contributed by atoms with Crippen molar-refractivity contribution in [3.63, 3.8) is 0 Å². The number of hydrogen-bond donors (Lipinski definition) is 1. The normalized spacial score (nSPS) is 16.4. The Hall–Kier alpha value is -4.05. The van der Waals surface area contributed by atoms with Crippen molar-refractivity contribution in [2.24, 2.45) is 0 Å². The van der Waals surface area contributed by atoms with Crippen molar-refractivity contribution in [2.75, 3.05) is 13.1 Å². The minimum atomic E-state index is -4.71. The highest BCUT2D eigenvalue weighted by atomic mass is 19.4. The monoisotopic (exact) mass is 550 g/mol. The number of halogens is 3. The number of benzene rings is 3. The second-order valence-electron chi connectivity index (χ2n) is 10.6. The summed E-state index contributed by atoms with van der Waals surface area (Å²) in [7, 11) is 0. The van der Waals surface area contributed by atoms with Gasteiger partial charge in [-0.15, -0.1) is 13.2 Å². The zero-order chi connectivity index (χ0) is 28.0. The molecule has 6 rings (SSSR count). The second-order valence-corrected chi connectivity index (χ2v) is 10.6. The van der Waals surface area contributed by atoms with Gasteiger partial charge < -0.3 is 14.6 Å². The molecule has 1 N–H and O–H groups in total. The van der Waals surface area contributed by atoms with Crippen LogP contribution in [0.5, 0.6) is 5.75 Å². The molecule has 2 aliphatic rings. The number of aromatic nitrogens is 2. The predicted octanol–water partition coefficient (Wildman–Crippen LogP) is 5.53. The highest BCUT2D eigenvalue weighted by Gasteiger charge is 2.31. The third kappa shape index (κ3) is 5.23. The Labute approximate surface area is 228 Å². The number of fused-ring (bicyclic) bond motifs is 2. The number of amides is 1. The number of ether oxygens (including phenoxy) is 1. The van der Waals surface area contributed by atoms with Crippen LogP contribution in [0.4, 0.5) is 13.2 Å². The van der Waals surface area contributed by atoms with Crippen molar-refractivity contribution in [3.8, 4) is 5.75 Å². The highest BCUT2D eigenvalue weighted by Crippen LogP contribution is 2.31. The lowest BCUT2D eigenvalue weighted by Gasteiger charge is -2.32. The smallest absolute Gasteiger partial charge is 0.406 e. The maximum atomic E-state index is 13.5. The van der Waals surface area contributed by atoms with Gasteiger partial charge in [0.1, 0.15) is 5.75 Å². The van der Waals surface area contributed by atoms with Gasteiger partial charge in [-0.05, 0) is 78.4 Å². The molecular formula is C30H29F3N4O3. The van der Waals surface area contributed by atoms with E-state index < -0.39 is 6.36 Å². The van der Waals surface area contributed by atoms with Crippen molar-refractivity contribution in [2.45, 2.75) is 51.8 Å². The molecule has 3 heterocycles. The van der Waals surface area contributed by atoms with Crippen molar-refractivity contribution >= 4 is 16.9 Å². The first-order valence-electron chi connectivity index (χ1n) is 13.3. The van der Waals surface area contributed by atoms with E-state index in [2.05, 4.69) is 14.6 Å². The molecule has 0 aliphatic carbocycles. The fourth-order valence-electron chi connectivity index (χ4n) is 6.01. The lowest BCUT2D eigenvalue weighted by atomic mass is 9.98. The summed E-state index contributed by atoms with van der Waals surface area (Å²) in [6.45, 7) is 5.10. The Balaban J connectivity index is 1.10. The summed E-state index contributed by atoms with van der Waals surface area (Å²) in [5, 5.41) is 0. The summed E-state index contributed by atoms with van der Waals surface area (Å²) in [6.07, 6.45) is -3.30. The second kappa shape index (κ2) is 10.2. The van der Waals surface area contributed by atoms with E-state index in [0.29, 0.717) is 51.1 Å². The Kier molecular flexibility index (Phi) is 6.66. The van der Waals surface area contributed by atoms with E-state index in [1.165, 1.54) is 17.7 Å². The number of carbonyl (C=O) groups excluding carboxylic acids is 1. The van der Waals surface area contributed by atoms with Crippen LogP contribution >= 0.6 is 0 Å². The average Bonchev–Trinajstić information content (AvgIpc) is 3.48. The molecule has 7 nitrogen and oxygen atoms in total. The summed E-state index contributed by atoms with van der Waals surface area (Å²) < 4.78 is 43.1. The number of piperidine rings is 1. The number of nitrogens with one attached hydrogen (secondary N) is 1. The Bertz CT molecular complexity index is 1620. The SMILES string of the molecule is Cc1cc(C(=O)N2CCC(n3c(=O)[nH]c4ccccc43)CC2)cc2c1CN(Cc1ccc(OC(F)(F)F)cc1)C2. The molecule has 0 saturated carbocycles. The van der Waals surface area contributed by atoms with Crippen LogP contribution in [-0.2, 0) is 19.6 Å². The molecule has 40 heavy (non-hydrogen) atoms. The fraction of sp³-hybridized carbons (Fsp3) is 0.333. The zero-order valence-electron chi connectivity index (χ0n) is 22.0. The number of imidazole rings is 1. The van der Waals surface area contributed by atoms with Gasteiger partial charge in [-0.25, -0.2) is 4.79 Å². The standard InChI is InChI=1S/C30H29F3N4O3/c1-19-14-21(15-22-17-35(18-25(19)22)16-20-6-8-24(9-7-20)40-30(31,32)33)28(38)36-12-10-23(11-13-36)37-27-5-3-2-4-26(27)34-29(37)39/h2-9,14-15,23H,10-13,16-18H2,1H3,(H,34,39). The maximum Gasteiger partial charge on any atom is 0.573 e. The summed E-state index contributed by atoms with van der Waals surface area (Å²) in [6, 6.07) is 17.5. The Morgan fingerprint density at radius 3 is 2.48 bits per heavy atom. The Morgan fingerprint density at radius 2 is 1.75 bits per heavy atom. The van der Waals surface area contributed by atoms with E-state index >= 15 is 0 Å². The number of hydrogen-bond acceptors (Lipinski definition) is 4. The molecule has 0 atom stereocenters. The molecule has 1 fully saturated rings. The van der Waals surface area contributed by atoms with Gasteiger partial charge in [0.05, 0.1) is 11.0 Å². The van der Waals surface area contributed by atoms with Crippen LogP contribution < -0.4 is 10.4 Å². The van der Waals surface area contributed by atoms with E-state index in [1.54, 1.807) is 12.1 Å². The minimum absolute atomic E-state index is 0.00525. The van der Waals surface area contributed by atoms with Crippen molar-refractivity contribution in [3.05, 3.63) is 99.0 Å². The molecule has 10 heteroatoms. The van der Waals surface area contributed by atoms with E-state index in [-0.39, 0.29) is 23.4 Å². The third-order valence-electron chi connectivity index (χ3n) is 7.89. The molecule has 0 unspecified atom stereocenters. The van der Waals surface area contributed by atoms with Crippen molar-refractivity contribution in [1.82, 2.24) is 19.4 Å². The number of rotatable bonds is 5. The van der Waals surface area contributed by atoms with Crippen LogP contribution in [0, 0.1) is 6.92 Å². The maximum absolute atomic E-state index is 13.5. The van der Waals surface area contributed by atoms with Gasteiger partial charge >= 0.3 is 12.1 Å². The number of aryl methyl sites for hydroxylation is 1. The average molecular weight is 551 g/mol. The lowest BCUT2D eigenvalue weighted by molar-refractivity contribution is -0.274. The van der Waals surface area contributed by atoms with Crippen LogP contribution in [-0.4, -0.2) is 44.7 Å². The quantitative estimate of drug-likeness (QED) is 0.355. The number of carbonyl (C=O) groups is 1. The molecule has 3 aromatic carbocycles. The van der Waals surface area contributed by atoms with Gasteiger partial charge in [-0.2, -0.15) is 0 Å². The van der Waals surface area contributed by atoms with Crippen LogP contribution in [0.15, 0.2) is 65.5 Å². The molecule has 1 amide bonds. The largest absolute Gasteiger partial charge is 0.573 e. The summed E-state index contributed by atoms with van der Waals surface area (Å²) in [4.78, 5) is 33.1. The minimum Gasteiger partial charge on any atom is -0.406 e. The molecule has 0 radical (unpaired) electrons. The van der Waals surface area contributed by atoms with Crippen molar-refractivity contribution in [1.29, 1.82) is 0 Å². The summed E-state index contributed by atoms with van der Waals surface area (Å²) in [5.74, 6) is -0.244. The molecule has 0 bridgehead atoms. The number of H-pyrrole nitrogens is 1. The fourth-order valence-corrected chi connectivity index (χ4v) is 6.01. The Morgan fingerprint density at radius 1 is 1.02 bits per heavy atom. The first kappa shape index (κ1) is 26.2. The summed E-state index contributed by atoms with van der Waals surface area (Å²) in [5.41, 5.74) is 6.48. The number of likely N-dealkylation sites (tertiary alicyclic amines) is 1. The predicted molar refractivity (Wildman–Crippen MR) is 144 cm³/mol. The number of para-hydroxylation sites is 2. The number of alkyl halides is 3. The summed E-state index contributed by atoms with van der Waals surface area (Å²) >= 11 is 0. The molecule has 0 spiro atoms. The van der Waals surface area contributed by atoms with E-state index in [4.69, 9.17) is 0 Å². The van der Waals surface area contributed by atoms with E-state index in [0.717, 1.165) is 27.7 Å². The van der Waals surface area contributed by atoms with E-state index in [9.17, 15) is 22.8 Å². The lowest BCUT2D eigenvalue weighted by Crippen LogP contribution is -2.40. The highest BCUT2D eigenvalue weighted by molar-refractivity contribution is 5.95. The first-order chi connectivity index (χ1) is 19.1. The van der Waals surface area contributed by atoms with Crippen LogP contribution in [0.1, 0.15) is 51.5 Å². The molecule has 1 aromatic heterocycles. The van der Waals surface area contributed by atoms with Gasteiger partial charge in [0.15, 0.2) is 0 Å². The first-order valence-corrected chi connectivity index (χ1v) is 13.3. The van der Waals surface area contributed by atoms with Gasteiger partial charge in [0, 0.05) is 44.3 Å². The molecule has 2 aliphatic heterocycles. The van der Waals surface area contributed by atoms with Gasteiger partial charge in [0.25, 0.3) is 5.91 Å². The van der Waals surface area contributed by atoms with Gasteiger partial charge in [-0.1, -0.05) is 24.3 Å². The molecular weight excluding hydrogens is 521 g/mol. The number of aromatic amines is 1.